The highest BCUT2D eigenvalue weighted by molar-refractivity contribution is 5.42. The van der Waals surface area contributed by atoms with Crippen LogP contribution in [0.25, 0.3) is 0 Å². The van der Waals surface area contributed by atoms with Crippen LogP contribution in [0.2, 0.25) is 0 Å². The molecule has 0 atom stereocenters. The number of alkyl halides is 30. The van der Waals surface area contributed by atoms with E-state index in [9.17, 15) is 132 Å². The molecule has 0 aliphatic rings. The number of hydrogen-bond acceptors (Lipinski definition) is 0. The SMILES string of the molecule is FC(F)(F)C(=C(C(F)(F)C(F)(F)F)C(F)(F)C(F)(F)C(F)(F)C(F)(F)F)C(F)(F)C(F)(F)C(F)(F)C(F)(F)C(F)(F)C(F)(F)F. The van der Waals surface area contributed by atoms with Crippen molar-refractivity contribution in [2.24, 2.45) is 0 Å². The molecule has 0 fully saturated rings. The van der Waals surface area contributed by atoms with Gasteiger partial charge in [0.2, 0.25) is 0 Å². The van der Waals surface area contributed by atoms with Crippen LogP contribution < -0.4 is 0 Å². The van der Waals surface area contributed by atoms with Gasteiger partial charge in [0, 0.05) is 0 Å². The minimum atomic E-state index is -9.85. The second-order valence-electron chi connectivity index (χ2n) is 7.91. The van der Waals surface area contributed by atoms with E-state index in [1.807, 2.05) is 0 Å². The van der Waals surface area contributed by atoms with Gasteiger partial charge in [0.25, 0.3) is 0 Å². The molecule has 0 bridgehead atoms. The fraction of sp³-hybridized carbons (Fsp3) is 0.867. The molecule has 0 saturated heterocycles. The van der Waals surface area contributed by atoms with Crippen LogP contribution in [-0.4, -0.2) is 78.0 Å². The third-order valence-electron chi connectivity index (χ3n) is 4.91. The first kappa shape index (κ1) is 42.6. The molecule has 0 aromatic heterocycles. The molecule has 0 aliphatic heterocycles. The van der Waals surface area contributed by atoms with Crippen molar-refractivity contribution in [2.75, 3.05) is 0 Å². The van der Waals surface area contributed by atoms with Crippen LogP contribution in [0, 0.1) is 0 Å². The van der Waals surface area contributed by atoms with E-state index >= 15 is 0 Å². The van der Waals surface area contributed by atoms with E-state index in [4.69, 9.17) is 0 Å². The minimum Gasteiger partial charge on any atom is -0.194 e. The molecular formula is C15F30. The summed E-state index contributed by atoms with van der Waals surface area (Å²) in [6, 6.07) is 0. The summed E-state index contributed by atoms with van der Waals surface area (Å²) in [6.45, 7) is 0. The number of halogens is 30. The van der Waals surface area contributed by atoms with Gasteiger partial charge < -0.3 is 0 Å². The van der Waals surface area contributed by atoms with E-state index in [1.54, 1.807) is 0 Å². The molecular weight excluding hydrogens is 750 g/mol. The Kier molecular flexibility index (Phi) is 9.78. The highest BCUT2D eigenvalue weighted by Crippen LogP contribution is 2.66. The van der Waals surface area contributed by atoms with Gasteiger partial charge in [-0.05, 0) is 0 Å². The molecule has 270 valence electrons. The maximum absolute atomic E-state index is 14.1. The fourth-order valence-corrected chi connectivity index (χ4v) is 2.59. The van der Waals surface area contributed by atoms with Gasteiger partial charge in [-0.2, -0.15) is 132 Å². The molecule has 0 aromatic carbocycles. The van der Waals surface area contributed by atoms with Crippen molar-refractivity contribution in [1.29, 1.82) is 0 Å². The first-order valence-corrected chi connectivity index (χ1v) is 9.17. The molecule has 0 saturated carbocycles. The van der Waals surface area contributed by atoms with Gasteiger partial charge in [-0.25, -0.2) is 0 Å². The van der Waals surface area contributed by atoms with Crippen LogP contribution in [0.1, 0.15) is 0 Å². The van der Waals surface area contributed by atoms with E-state index in [0.717, 1.165) is 0 Å². The lowest BCUT2D eigenvalue weighted by Gasteiger charge is -2.42. The standard InChI is InChI=1S/C15F30/c16-3(17,8(27,28)11(33,34)14(40,41)42)1(5(20,21)13(37,38)39)2(6(22,23)24)4(18,19)7(25,26)9(29,30)10(31,32)12(35,36)15(43,44)45. The Hall–Kier alpha value is -2.36. The Morgan fingerprint density at radius 3 is 0.667 bits per heavy atom. The highest BCUT2D eigenvalue weighted by atomic mass is 19.5. The smallest absolute Gasteiger partial charge is 0.194 e. The van der Waals surface area contributed by atoms with Crippen molar-refractivity contribution in [3.05, 3.63) is 11.1 Å². The van der Waals surface area contributed by atoms with E-state index in [-0.39, 0.29) is 0 Å². The van der Waals surface area contributed by atoms with Crippen molar-refractivity contribution in [1.82, 2.24) is 0 Å². The van der Waals surface area contributed by atoms with Gasteiger partial charge in [0.05, 0.1) is 5.57 Å². The maximum Gasteiger partial charge on any atom is 0.460 e. The Balaban J connectivity index is 8.79. The Labute approximate surface area is 222 Å². The Morgan fingerprint density at radius 2 is 0.422 bits per heavy atom. The molecule has 0 amide bonds. The van der Waals surface area contributed by atoms with E-state index in [0.29, 0.717) is 0 Å². The molecule has 0 N–H and O–H groups in total. The van der Waals surface area contributed by atoms with Crippen LogP contribution >= 0.6 is 0 Å². The van der Waals surface area contributed by atoms with Crippen LogP contribution in [0.3, 0.4) is 0 Å². The summed E-state index contributed by atoms with van der Waals surface area (Å²) in [5.74, 6) is -85.0. The van der Waals surface area contributed by atoms with Crippen molar-refractivity contribution >= 4 is 0 Å². The summed E-state index contributed by atoms with van der Waals surface area (Å²) in [5, 5.41) is 0. The predicted octanol–water partition coefficient (Wildman–Crippen LogP) is 10.2. The van der Waals surface area contributed by atoms with Gasteiger partial charge in [0.1, 0.15) is 5.57 Å². The number of allylic oxidation sites excluding steroid dienone is 2. The zero-order valence-corrected chi connectivity index (χ0v) is 18.8. The normalized spacial score (nSPS) is 17.5. The van der Waals surface area contributed by atoms with Gasteiger partial charge in [-0.1, -0.05) is 0 Å². The highest BCUT2D eigenvalue weighted by Gasteiger charge is 2.93. The molecule has 0 rings (SSSR count). The topological polar surface area (TPSA) is 0 Å². The van der Waals surface area contributed by atoms with Crippen molar-refractivity contribution in [2.45, 2.75) is 78.0 Å². The second-order valence-corrected chi connectivity index (χ2v) is 7.91. The monoisotopic (exact) mass is 750 g/mol. The first-order chi connectivity index (χ1) is 18.7. The Morgan fingerprint density at radius 1 is 0.200 bits per heavy atom. The maximum atomic E-state index is 14.1. The largest absolute Gasteiger partial charge is 0.460 e. The van der Waals surface area contributed by atoms with Crippen LogP contribution in [0.5, 0.6) is 0 Å². The summed E-state index contributed by atoms with van der Waals surface area (Å²) < 4.78 is 394. The lowest BCUT2D eigenvalue weighted by Crippen LogP contribution is -2.71. The zero-order valence-electron chi connectivity index (χ0n) is 18.8. The molecule has 0 spiro atoms. The van der Waals surface area contributed by atoms with Crippen molar-refractivity contribution in [3.8, 4) is 0 Å². The number of rotatable bonds is 9. The molecule has 0 aromatic rings. The summed E-state index contributed by atoms with van der Waals surface area (Å²) in [7, 11) is 0. The Bertz CT molecular complexity index is 1110. The molecule has 0 unspecified atom stereocenters. The van der Waals surface area contributed by atoms with Crippen LogP contribution in [0.15, 0.2) is 11.1 Å². The average molecular weight is 750 g/mol. The molecule has 30 heteroatoms. The van der Waals surface area contributed by atoms with Crippen LogP contribution in [-0.2, 0) is 0 Å². The first-order valence-electron chi connectivity index (χ1n) is 9.17. The zero-order chi connectivity index (χ0) is 37.7. The molecule has 45 heavy (non-hydrogen) atoms. The summed E-state index contributed by atoms with van der Waals surface area (Å²) in [6.07, 6.45) is -34.7. The van der Waals surface area contributed by atoms with Gasteiger partial charge in [0.15, 0.2) is 0 Å². The van der Waals surface area contributed by atoms with Crippen molar-refractivity contribution in [3.63, 3.8) is 0 Å². The third-order valence-corrected chi connectivity index (χ3v) is 4.91. The summed E-state index contributed by atoms with van der Waals surface area (Å²) in [4.78, 5) is 0. The fourth-order valence-electron chi connectivity index (χ4n) is 2.59. The van der Waals surface area contributed by atoms with Gasteiger partial charge >= 0.3 is 78.0 Å². The van der Waals surface area contributed by atoms with E-state index in [2.05, 4.69) is 0 Å². The van der Waals surface area contributed by atoms with Gasteiger partial charge in [-0.3, -0.25) is 0 Å². The lowest BCUT2D eigenvalue weighted by atomic mass is 9.82. The van der Waals surface area contributed by atoms with E-state index < -0.39 is 89.2 Å². The number of hydrogen-bond donors (Lipinski definition) is 0. The average Bonchev–Trinajstić information content (AvgIpc) is 2.72. The molecule has 0 heterocycles. The molecule has 0 radical (unpaired) electrons. The summed E-state index contributed by atoms with van der Waals surface area (Å²) >= 11 is 0. The predicted molar refractivity (Wildman–Crippen MR) is 75.8 cm³/mol. The van der Waals surface area contributed by atoms with Crippen molar-refractivity contribution < 1.29 is 132 Å². The van der Waals surface area contributed by atoms with Crippen LogP contribution in [0.4, 0.5) is 132 Å². The quantitative estimate of drug-likeness (QED) is 0.163. The van der Waals surface area contributed by atoms with E-state index in [1.165, 1.54) is 0 Å². The minimum absolute atomic E-state index is 7.16. The third kappa shape index (κ3) is 5.75. The second kappa shape index (κ2) is 10.3. The molecule has 0 aliphatic carbocycles. The van der Waals surface area contributed by atoms with Gasteiger partial charge in [-0.15, -0.1) is 0 Å². The summed E-state index contributed by atoms with van der Waals surface area (Å²) in [5.41, 5.74) is -14.3. The molecule has 0 nitrogen and oxygen atoms in total. The lowest BCUT2D eigenvalue weighted by molar-refractivity contribution is -0.438.